The van der Waals surface area contributed by atoms with Gasteiger partial charge in [-0.15, -0.1) is 0 Å². The van der Waals surface area contributed by atoms with Gasteiger partial charge in [0.25, 0.3) is 5.91 Å². The van der Waals surface area contributed by atoms with Crippen LogP contribution in [0.5, 0.6) is 11.5 Å². The smallest absolute Gasteiger partial charge is 0.262 e. The van der Waals surface area contributed by atoms with Crippen molar-refractivity contribution in [3.8, 4) is 11.5 Å². The third-order valence-electron chi connectivity index (χ3n) is 4.97. The van der Waals surface area contributed by atoms with E-state index in [0.717, 1.165) is 48.3 Å². The number of carbonyl (C=O) groups excluding carboxylic acids is 2. The molecule has 140 valence electrons. The molecule has 0 unspecified atom stereocenters. The van der Waals surface area contributed by atoms with Crippen LogP contribution < -0.4 is 19.7 Å². The van der Waals surface area contributed by atoms with Crippen molar-refractivity contribution in [2.75, 3.05) is 30.5 Å². The molecular weight excluding hydrogens is 344 g/mol. The van der Waals surface area contributed by atoms with Gasteiger partial charge < -0.3 is 19.7 Å². The molecule has 2 aromatic rings. The monoisotopic (exact) mass is 366 g/mol. The van der Waals surface area contributed by atoms with Gasteiger partial charge in [-0.1, -0.05) is 6.07 Å². The van der Waals surface area contributed by atoms with Crippen molar-refractivity contribution in [2.24, 2.45) is 0 Å². The van der Waals surface area contributed by atoms with Gasteiger partial charge in [-0.05, 0) is 54.7 Å². The van der Waals surface area contributed by atoms with E-state index in [2.05, 4.69) is 5.32 Å². The number of nitrogens with zero attached hydrogens (tertiary/aromatic N) is 1. The molecule has 0 atom stereocenters. The van der Waals surface area contributed by atoms with Crippen LogP contribution in [0.15, 0.2) is 36.4 Å². The molecule has 0 saturated heterocycles. The van der Waals surface area contributed by atoms with Crippen LogP contribution in [0.3, 0.4) is 0 Å². The molecule has 0 aromatic heterocycles. The predicted octanol–water partition coefficient (Wildman–Crippen LogP) is 2.94. The Morgan fingerprint density at radius 2 is 1.89 bits per heavy atom. The number of amides is 2. The Morgan fingerprint density at radius 3 is 2.70 bits per heavy atom. The summed E-state index contributed by atoms with van der Waals surface area (Å²) in [5.41, 5.74) is 4.09. The van der Waals surface area contributed by atoms with Gasteiger partial charge in [0.1, 0.15) is 11.5 Å². The standard InChI is InChI=1S/C21H22N2O4/c1-26-17-5-2-6-18(12-17)27-13-19(24)22-16-10-14-4-3-9-23-20(25)8-7-15(11-16)21(14)23/h2,5-6,10-12H,3-4,7-9,13H2,1H3,(H,22,24). The second-order valence-electron chi connectivity index (χ2n) is 6.81. The van der Waals surface area contributed by atoms with Crippen molar-refractivity contribution in [3.63, 3.8) is 0 Å². The molecule has 0 saturated carbocycles. The number of rotatable bonds is 5. The molecule has 6 heteroatoms. The number of ether oxygens (including phenoxy) is 2. The van der Waals surface area contributed by atoms with E-state index >= 15 is 0 Å². The van der Waals surface area contributed by atoms with Crippen molar-refractivity contribution in [3.05, 3.63) is 47.5 Å². The van der Waals surface area contributed by atoms with E-state index < -0.39 is 0 Å². The van der Waals surface area contributed by atoms with Gasteiger partial charge in [-0.25, -0.2) is 0 Å². The molecule has 4 rings (SSSR count). The normalized spacial score (nSPS) is 15.1. The Labute approximate surface area is 158 Å². The van der Waals surface area contributed by atoms with Crippen LogP contribution >= 0.6 is 0 Å². The quantitative estimate of drug-likeness (QED) is 0.883. The van der Waals surface area contributed by atoms with E-state index in [-0.39, 0.29) is 18.4 Å². The van der Waals surface area contributed by atoms with Gasteiger partial charge in [-0.3, -0.25) is 9.59 Å². The number of hydrogen-bond donors (Lipinski definition) is 1. The lowest BCUT2D eigenvalue weighted by atomic mass is 9.91. The predicted molar refractivity (Wildman–Crippen MR) is 103 cm³/mol. The molecule has 2 amide bonds. The first kappa shape index (κ1) is 17.4. The molecule has 2 aromatic carbocycles. The highest BCUT2D eigenvalue weighted by Crippen LogP contribution is 2.37. The maximum Gasteiger partial charge on any atom is 0.262 e. The number of methoxy groups -OCH3 is 1. The van der Waals surface area contributed by atoms with Crippen LogP contribution in [-0.2, 0) is 22.4 Å². The summed E-state index contributed by atoms with van der Waals surface area (Å²) >= 11 is 0. The molecule has 0 spiro atoms. The summed E-state index contributed by atoms with van der Waals surface area (Å²) in [7, 11) is 1.59. The van der Waals surface area contributed by atoms with Crippen LogP contribution in [0, 0.1) is 0 Å². The van der Waals surface area contributed by atoms with Gasteiger partial charge >= 0.3 is 0 Å². The number of anilines is 2. The number of nitrogens with one attached hydrogen (secondary N) is 1. The molecule has 2 aliphatic heterocycles. The number of benzene rings is 2. The fourth-order valence-corrected chi connectivity index (χ4v) is 3.76. The summed E-state index contributed by atoms with van der Waals surface area (Å²) in [5.74, 6) is 1.25. The SMILES string of the molecule is COc1cccc(OCC(=O)Nc2cc3c4c(c2)CCC(=O)N4CCC3)c1. The molecule has 1 N–H and O–H groups in total. The third-order valence-corrected chi connectivity index (χ3v) is 4.97. The van der Waals surface area contributed by atoms with Crippen LogP contribution in [0.25, 0.3) is 0 Å². The second-order valence-corrected chi connectivity index (χ2v) is 6.81. The second kappa shape index (κ2) is 7.31. The molecule has 0 fully saturated rings. The van der Waals surface area contributed by atoms with Crippen LogP contribution in [0.1, 0.15) is 24.0 Å². The third kappa shape index (κ3) is 3.60. The number of aryl methyl sites for hydroxylation is 2. The van der Waals surface area contributed by atoms with Gasteiger partial charge in [0.15, 0.2) is 6.61 Å². The van der Waals surface area contributed by atoms with Crippen molar-refractivity contribution in [1.82, 2.24) is 0 Å². The van der Waals surface area contributed by atoms with Gasteiger partial charge in [0.2, 0.25) is 5.91 Å². The first-order valence-corrected chi connectivity index (χ1v) is 9.17. The molecule has 0 radical (unpaired) electrons. The van der Waals surface area contributed by atoms with Crippen LogP contribution in [0.2, 0.25) is 0 Å². The summed E-state index contributed by atoms with van der Waals surface area (Å²) < 4.78 is 10.7. The topological polar surface area (TPSA) is 67.9 Å². The fraction of sp³-hybridized carbons (Fsp3) is 0.333. The zero-order chi connectivity index (χ0) is 18.8. The maximum atomic E-state index is 12.3. The molecule has 27 heavy (non-hydrogen) atoms. The number of hydrogen-bond acceptors (Lipinski definition) is 4. The zero-order valence-electron chi connectivity index (χ0n) is 15.3. The lowest BCUT2D eigenvalue weighted by molar-refractivity contribution is -0.119. The Kier molecular flexibility index (Phi) is 4.71. The molecular formula is C21H22N2O4. The van der Waals surface area contributed by atoms with Crippen LogP contribution in [-0.4, -0.2) is 32.1 Å². The maximum absolute atomic E-state index is 12.3. The Balaban J connectivity index is 1.45. The average Bonchev–Trinajstić information content (AvgIpc) is 2.69. The summed E-state index contributed by atoms with van der Waals surface area (Å²) in [6, 6.07) is 11.1. The first-order valence-electron chi connectivity index (χ1n) is 9.17. The van der Waals surface area contributed by atoms with E-state index in [4.69, 9.17) is 9.47 Å². The minimum absolute atomic E-state index is 0.0792. The molecule has 2 heterocycles. The van der Waals surface area contributed by atoms with E-state index in [1.54, 1.807) is 19.2 Å². The van der Waals surface area contributed by atoms with Crippen molar-refractivity contribution in [1.29, 1.82) is 0 Å². The molecule has 0 bridgehead atoms. The van der Waals surface area contributed by atoms with E-state index in [9.17, 15) is 9.59 Å². The highest BCUT2D eigenvalue weighted by Gasteiger charge is 2.29. The van der Waals surface area contributed by atoms with E-state index in [0.29, 0.717) is 17.9 Å². The number of carbonyl (C=O) groups is 2. The highest BCUT2D eigenvalue weighted by atomic mass is 16.5. The molecule has 6 nitrogen and oxygen atoms in total. The van der Waals surface area contributed by atoms with Crippen LogP contribution in [0.4, 0.5) is 11.4 Å². The minimum atomic E-state index is -0.218. The largest absolute Gasteiger partial charge is 0.497 e. The molecule has 2 aliphatic rings. The summed E-state index contributed by atoms with van der Waals surface area (Å²) in [5, 5.41) is 2.92. The minimum Gasteiger partial charge on any atom is -0.497 e. The van der Waals surface area contributed by atoms with Gasteiger partial charge in [-0.2, -0.15) is 0 Å². The van der Waals surface area contributed by atoms with E-state index in [1.807, 2.05) is 29.2 Å². The Hall–Kier alpha value is -3.02. The average molecular weight is 366 g/mol. The first-order chi connectivity index (χ1) is 13.1. The summed E-state index contributed by atoms with van der Waals surface area (Å²) in [6.07, 6.45) is 3.13. The highest BCUT2D eigenvalue weighted by molar-refractivity contribution is 5.99. The van der Waals surface area contributed by atoms with E-state index in [1.165, 1.54) is 0 Å². The molecule has 0 aliphatic carbocycles. The van der Waals surface area contributed by atoms with Crippen molar-refractivity contribution in [2.45, 2.75) is 25.7 Å². The Bertz CT molecular complexity index is 876. The summed E-state index contributed by atoms with van der Waals surface area (Å²) in [4.78, 5) is 26.3. The van der Waals surface area contributed by atoms with Gasteiger partial charge in [0.05, 0.1) is 12.8 Å². The van der Waals surface area contributed by atoms with Gasteiger partial charge in [0, 0.05) is 24.7 Å². The van der Waals surface area contributed by atoms with Crippen molar-refractivity contribution >= 4 is 23.2 Å². The zero-order valence-corrected chi connectivity index (χ0v) is 15.3. The van der Waals surface area contributed by atoms with Crippen molar-refractivity contribution < 1.29 is 19.1 Å². The Morgan fingerprint density at radius 1 is 1.11 bits per heavy atom. The summed E-state index contributed by atoms with van der Waals surface area (Å²) in [6.45, 7) is 0.711. The lowest BCUT2D eigenvalue weighted by Gasteiger charge is -2.35. The fourth-order valence-electron chi connectivity index (χ4n) is 3.76. The lowest BCUT2D eigenvalue weighted by Crippen LogP contribution is -2.39.